The van der Waals surface area contributed by atoms with E-state index in [1.807, 2.05) is 59.5 Å². The average molecular weight is 386 g/mol. The van der Waals surface area contributed by atoms with Crippen LogP contribution in [0.3, 0.4) is 0 Å². The summed E-state index contributed by atoms with van der Waals surface area (Å²) in [5, 5.41) is 13.7. The number of likely N-dealkylation sites (tertiary alicyclic amines) is 1. The van der Waals surface area contributed by atoms with Crippen molar-refractivity contribution < 1.29 is 9.90 Å². The van der Waals surface area contributed by atoms with Crippen molar-refractivity contribution >= 4 is 16.7 Å². The Morgan fingerprint density at radius 2 is 1.76 bits per heavy atom. The number of hydrogen-bond acceptors (Lipinski definition) is 3. The molecule has 1 saturated heterocycles. The first-order chi connectivity index (χ1) is 14.2. The third kappa shape index (κ3) is 3.03. The van der Waals surface area contributed by atoms with Crippen molar-refractivity contribution in [2.24, 2.45) is 5.92 Å². The number of pyridine rings is 1. The lowest BCUT2D eigenvalue weighted by molar-refractivity contribution is -0.110. The SMILES string of the molecule is O=C(c1cncc2ccccc12)N1CC[C@](O)(c2ccccc2)[C@H]2CCCC[C@H]21. The first-order valence-corrected chi connectivity index (χ1v) is 10.6. The maximum absolute atomic E-state index is 13.6. The van der Waals surface area contributed by atoms with Gasteiger partial charge in [0.15, 0.2) is 0 Å². The maximum Gasteiger partial charge on any atom is 0.256 e. The Bertz CT molecular complexity index is 1030. The highest BCUT2D eigenvalue weighted by Crippen LogP contribution is 2.47. The Labute approximate surface area is 171 Å². The summed E-state index contributed by atoms with van der Waals surface area (Å²) >= 11 is 0. The molecule has 2 aromatic carbocycles. The molecule has 5 rings (SSSR count). The van der Waals surface area contributed by atoms with Gasteiger partial charge in [-0.05, 0) is 30.2 Å². The maximum atomic E-state index is 13.6. The number of carbonyl (C=O) groups excluding carboxylic acids is 1. The molecule has 2 fully saturated rings. The molecule has 0 spiro atoms. The third-order valence-corrected chi connectivity index (χ3v) is 6.91. The van der Waals surface area contributed by atoms with Crippen LogP contribution in [0.5, 0.6) is 0 Å². The number of aromatic nitrogens is 1. The second kappa shape index (κ2) is 7.27. The van der Waals surface area contributed by atoms with E-state index in [2.05, 4.69) is 4.98 Å². The van der Waals surface area contributed by atoms with Gasteiger partial charge < -0.3 is 10.0 Å². The van der Waals surface area contributed by atoms with Gasteiger partial charge in [-0.15, -0.1) is 0 Å². The van der Waals surface area contributed by atoms with Crippen LogP contribution in [0.1, 0.15) is 48.0 Å². The summed E-state index contributed by atoms with van der Waals surface area (Å²) in [6.07, 6.45) is 8.18. The first-order valence-electron chi connectivity index (χ1n) is 10.6. The fourth-order valence-corrected chi connectivity index (χ4v) is 5.46. The van der Waals surface area contributed by atoms with Crippen LogP contribution in [0.15, 0.2) is 67.0 Å². The Balaban J connectivity index is 1.52. The minimum Gasteiger partial charge on any atom is -0.385 e. The van der Waals surface area contributed by atoms with Crippen LogP contribution in [0.25, 0.3) is 10.8 Å². The van der Waals surface area contributed by atoms with E-state index in [-0.39, 0.29) is 17.9 Å². The monoisotopic (exact) mass is 386 g/mol. The second-order valence-corrected chi connectivity index (χ2v) is 8.41. The number of benzene rings is 2. The molecule has 0 radical (unpaired) electrons. The molecule has 0 unspecified atom stereocenters. The van der Waals surface area contributed by atoms with Gasteiger partial charge >= 0.3 is 0 Å². The van der Waals surface area contributed by atoms with Crippen LogP contribution in [0.4, 0.5) is 0 Å². The molecule has 29 heavy (non-hydrogen) atoms. The number of nitrogens with zero attached hydrogens (tertiary/aromatic N) is 2. The number of fused-ring (bicyclic) bond motifs is 2. The van der Waals surface area contributed by atoms with Gasteiger partial charge in [0.2, 0.25) is 0 Å². The van der Waals surface area contributed by atoms with E-state index >= 15 is 0 Å². The number of rotatable bonds is 2. The summed E-state index contributed by atoms with van der Waals surface area (Å²) < 4.78 is 0. The first kappa shape index (κ1) is 18.3. The van der Waals surface area contributed by atoms with Crippen LogP contribution in [0.2, 0.25) is 0 Å². The van der Waals surface area contributed by atoms with Crippen LogP contribution in [-0.4, -0.2) is 33.5 Å². The highest BCUT2D eigenvalue weighted by atomic mass is 16.3. The zero-order valence-corrected chi connectivity index (χ0v) is 16.5. The predicted molar refractivity (Wildman–Crippen MR) is 113 cm³/mol. The molecule has 148 valence electrons. The summed E-state index contributed by atoms with van der Waals surface area (Å²) in [6.45, 7) is 0.564. The molecule has 0 bridgehead atoms. The molecule has 1 aliphatic heterocycles. The van der Waals surface area contributed by atoms with Crippen molar-refractivity contribution in [1.29, 1.82) is 0 Å². The number of aliphatic hydroxyl groups is 1. The van der Waals surface area contributed by atoms with Crippen LogP contribution < -0.4 is 0 Å². The van der Waals surface area contributed by atoms with Gasteiger partial charge in [0.1, 0.15) is 0 Å². The van der Waals surface area contributed by atoms with E-state index in [9.17, 15) is 9.90 Å². The van der Waals surface area contributed by atoms with Gasteiger partial charge in [0, 0.05) is 36.3 Å². The number of piperidine rings is 1. The standard InChI is InChI=1S/C25H26N2O2/c28-24(21-17-26-16-18-8-4-5-11-20(18)21)27-15-14-25(29,19-9-2-1-3-10-19)22-12-6-7-13-23(22)27/h1-5,8-11,16-17,22-23,29H,6-7,12-15H2/t22-,23+,25-/m0/s1. The third-order valence-electron chi connectivity index (χ3n) is 6.91. The summed E-state index contributed by atoms with van der Waals surface area (Å²) in [5.74, 6) is 0.112. The topological polar surface area (TPSA) is 53.4 Å². The van der Waals surface area contributed by atoms with Crippen molar-refractivity contribution in [2.45, 2.75) is 43.7 Å². The highest BCUT2D eigenvalue weighted by Gasteiger charge is 2.50. The van der Waals surface area contributed by atoms with Crippen LogP contribution in [-0.2, 0) is 5.60 Å². The molecular formula is C25H26N2O2. The Kier molecular flexibility index (Phi) is 4.59. The van der Waals surface area contributed by atoms with Crippen molar-refractivity contribution in [3.63, 3.8) is 0 Å². The summed E-state index contributed by atoms with van der Waals surface area (Å²) in [5.41, 5.74) is 0.786. The van der Waals surface area contributed by atoms with E-state index in [0.29, 0.717) is 18.5 Å². The predicted octanol–water partition coefficient (Wildman–Crippen LogP) is 4.53. The van der Waals surface area contributed by atoms with Gasteiger partial charge in [-0.25, -0.2) is 0 Å². The molecule has 4 nitrogen and oxygen atoms in total. The van der Waals surface area contributed by atoms with Crippen molar-refractivity contribution in [2.75, 3.05) is 6.54 Å². The molecule has 1 saturated carbocycles. The fourth-order valence-electron chi connectivity index (χ4n) is 5.46. The minimum atomic E-state index is -0.861. The largest absolute Gasteiger partial charge is 0.385 e. The zero-order valence-electron chi connectivity index (χ0n) is 16.5. The quantitative estimate of drug-likeness (QED) is 0.704. The van der Waals surface area contributed by atoms with Crippen molar-refractivity contribution in [3.8, 4) is 0 Å². The summed E-state index contributed by atoms with van der Waals surface area (Å²) in [7, 11) is 0. The average Bonchev–Trinajstić information content (AvgIpc) is 2.79. The van der Waals surface area contributed by atoms with E-state index in [1.54, 1.807) is 12.4 Å². The number of carbonyl (C=O) groups is 1. The summed E-state index contributed by atoms with van der Waals surface area (Å²) in [6, 6.07) is 18.0. The van der Waals surface area contributed by atoms with Gasteiger partial charge in [-0.3, -0.25) is 9.78 Å². The molecule has 4 heteroatoms. The molecule has 1 aliphatic carbocycles. The highest BCUT2D eigenvalue weighted by molar-refractivity contribution is 6.06. The molecule has 2 heterocycles. The van der Waals surface area contributed by atoms with E-state index in [1.165, 1.54) is 0 Å². The zero-order chi connectivity index (χ0) is 19.8. The van der Waals surface area contributed by atoms with E-state index in [4.69, 9.17) is 0 Å². The lowest BCUT2D eigenvalue weighted by Gasteiger charge is -2.52. The molecule has 1 amide bonds. The number of amides is 1. The Morgan fingerprint density at radius 3 is 2.62 bits per heavy atom. The van der Waals surface area contributed by atoms with Crippen LogP contribution >= 0.6 is 0 Å². The smallest absolute Gasteiger partial charge is 0.256 e. The summed E-state index contributed by atoms with van der Waals surface area (Å²) in [4.78, 5) is 20.0. The van der Waals surface area contributed by atoms with Gasteiger partial charge in [-0.1, -0.05) is 67.4 Å². The number of hydrogen-bond donors (Lipinski definition) is 1. The lowest BCUT2D eigenvalue weighted by atomic mass is 9.66. The van der Waals surface area contributed by atoms with Gasteiger partial charge in [0.05, 0.1) is 11.2 Å². The van der Waals surface area contributed by atoms with Gasteiger partial charge in [0.25, 0.3) is 5.91 Å². The van der Waals surface area contributed by atoms with E-state index < -0.39 is 5.60 Å². The lowest BCUT2D eigenvalue weighted by Crippen LogP contribution is -2.59. The minimum absolute atomic E-state index is 0.0429. The van der Waals surface area contributed by atoms with Gasteiger partial charge in [-0.2, -0.15) is 0 Å². The molecule has 3 aromatic rings. The molecule has 1 N–H and O–H groups in total. The Hall–Kier alpha value is -2.72. The molecule has 1 aromatic heterocycles. The Morgan fingerprint density at radius 1 is 1.00 bits per heavy atom. The van der Waals surface area contributed by atoms with Crippen molar-refractivity contribution in [3.05, 3.63) is 78.1 Å². The van der Waals surface area contributed by atoms with Crippen molar-refractivity contribution in [1.82, 2.24) is 9.88 Å². The fraction of sp³-hybridized carbons (Fsp3) is 0.360. The molecular weight excluding hydrogens is 360 g/mol. The second-order valence-electron chi connectivity index (χ2n) is 8.41. The normalized spacial score (nSPS) is 26.9. The molecule has 3 atom stereocenters. The van der Waals surface area contributed by atoms with Crippen LogP contribution in [0, 0.1) is 5.92 Å². The van der Waals surface area contributed by atoms with E-state index in [0.717, 1.165) is 42.0 Å². The molecule has 2 aliphatic rings.